The Morgan fingerprint density at radius 3 is 2.35 bits per heavy atom. The Morgan fingerprint density at radius 1 is 0.968 bits per heavy atom. The van der Waals surface area contributed by atoms with Crippen molar-refractivity contribution in [2.24, 2.45) is 4.99 Å². The van der Waals surface area contributed by atoms with E-state index < -0.39 is 0 Å². The highest BCUT2D eigenvalue weighted by molar-refractivity contribution is 7.07. The summed E-state index contributed by atoms with van der Waals surface area (Å²) in [6, 6.07) is 16.2. The summed E-state index contributed by atoms with van der Waals surface area (Å²) in [5.41, 5.74) is 3.26. The third kappa shape index (κ3) is 5.55. The lowest BCUT2D eigenvalue weighted by Crippen LogP contribution is -2.39. The number of morpholine rings is 1. The highest BCUT2D eigenvalue weighted by Crippen LogP contribution is 2.24. The summed E-state index contributed by atoms with van der Waals surface area (Å²) in [5, 5.41) is 2.19. The zero-order valence-electron chi connectivity index (χ0n) is 18.1. The number of benzene rings is 2. The fraction of sp³-hybridized carbons (Fsp3) is 0.375. The Bertz CT molecular complexity index is 1020. The van der Waals surface area contributed by atoms with Gasteiger partial charge in [-0.2, -0.15) is 0 Å². The first-order chi connectivity index (χ1) is 15.3. The minimum absolute atomic E-state index is 0.669. The zero-order valence-corrected chi connectivity index (χ0v) is 18.9. The Balaban J connectivity index is 1.65. The van der Waals surface area contributed by atoms with Gasteiger partial charge in [0.2, 0.25) is 0 Å². The fourth-order valence-electron chi connectivity index (χ4n) is 3.59. The van der Waals surface area contributed by atoms with Crippen LogP contribution in [0.1, 0.15) is 6.92 Å². The van der Waals surface area contributed by atoms with Crippen LogP contribution >= 0.6 is 11.3 Å². The third-order valence-corrected chi connectivity index (χ3v) is 6.16. The van der Waals surface area contributed by atoms with Crippen molar-refractivity contribution in [1.29, 1.82) is 0 Å². The van der Waals surface area contributed by atoms with E-state index in [1.807, 2.05) is 43.3 Å². The molecular formula is C24H29N3O3S. The van der Waals surface area contributed by atoms with E-state index in [0.29, 0.717) is 6.61 Å². The smallest absolute Gasteiger partial charge is 0.190 e. The second-order valence-electron chi connectivity index (χ2n) is 7.28. The number of hydrogen-bond acceptors (Lipinski definition) is 6. The highest BCUT2D eigenvalue weighted by atomic mass is 32.1. The summed E-state index contributed by atoms with van der Waals surface area (Å²) in [4.78, 5) is 8.37. The van der Waals surface area contributed by atoms with Crippen molar-refractivity contribution in [2.75, 3.05) is 46.6 Å². The molecule has 0 atom stereocenters. The lowest BCUT2D eigenvalue weighted by molar-refractivity contribution is 0.0363. The average molecular weight is 440 g/mol. The summed E-state index contributed by atoms with van der Waals surface area (Å²) >= 11 is 1.67. The molecule has 2 heterocycles. The van der Waals surface area contributed by atoms with E-state index in [1.54, 1.807) is 18.4 Å². The van der Waals surface area contributed by atoms with Gasteiger partial charge in [-0.3, -0.25) is 4.90 Å². The number of ether oxygens (including phenoxy) is 3. The van der Waals surface area contributed by atoms with Gasteiger partial charge in [0.15, 0.2) is 4.80 Å². The van der Waals surface area contributed by atoms with Gasteiger partial charge < -0.3 is 18.8 Å². The molecule has 2 aromatic carbocycles. The average Bonchev–Trinajstić information content (AvgIpc) is 3.22. The van der Waals surface area contributed by atoms with Gasteiger partial charge in [0, 0.05) is 31.6 Å². The molecule has 0 spiro atoms. The molecule has 0 bridgehead atoms. The molecule has 1 aliphatic heterocycles. The van der Waals surface area contributed by atoms with E-state index >= 15 is 0 Å². The standard InChI is InChI=1S/C24H29N3O3S/c1-3-30-22-8-4-19(5-9-22)23-18-31-24(25-20-6-10-21(28-2)11-7-20)27(23)13-12-26-14-16-29-17-15-26/h4-11,18H,3,12-17H2,1-2H3. The minimum Gasteiger partial charge on any atom is -0.497 e. The first kappa shape index (κ1) is 21.6. The maximum Gasteiger partial charge on any atom is 0.190 e. The molecule has 1 saturated heterocycles. The molecule has 164 valence electrons. The number of hydrogen-bond donors (Lipinski definition) is 0. The van der Waals surface area contributed by atoms with Crippen LogP contribution in [0.5, 0.6) is 11.5 Å². The van der Waals surface area contributed by atoms with E-state index in [4.69, 9.17) is 19.2 Å². The number of rotatable bonds is 8. The molecular weight excluding hydrogens is 410 g/mol. The summed E-state index contributed by atoms with van der Waals surface area (Å²) in [5.74, 6) is 1.73. The zero-order chi connectivity index (χ0) is 21.5. The van der Waals surface area contributed by atoms with Crippen LogP contribution in [-0.4, -0.2) is 56.0 Å². The SMILES string of the molecule is CCOc1ccc(-c2csc(=Nc3ccc(OC)cc3)n2CCN2CCOCC2)cc1. The van der Waals surface area contributed by atoms with Crippen molar-refractivity contribution in [2.45, 2.75) is 13.5 Å². The van der Waals surface area contributed by atoms with Crippen LogP contribution in [0, 0.1) is 0 Å². The maximum absolute atomic E-state index is 5.61. The molecule has 7 heteroatoms. The van der Waals surface area contributed by atoms with E-state index in [-0.39, 0.29) is 0 Å². The quantitative estimate of drug-likeness (QED) is 0.528. The Morgan fingerprint density at radius 2 is 1.68 bits per heavy atom. The molecule has 0 radical (unpaired) electrons. The lowest BCUT2D eigenvalue weighted by Gasteiger charge is -2.26. The summed E-state index contributed by atoms with van der Waals surface area (Å²) < 4.78 is 18.7. The summed E-state index contributed by atoms with van der Waals surface area (Å²) in [6.07, 6.45) is 0. The topological polar surface area (TPSA) is 48.2 Å². The molecule has 0 amide bonds. The van der Waals surface area contributed by atoms with Crippen molar-refractivity contribution in [1.82, 2.24) is 9.47 Å². The van der Waals surface area contributed by atoms with Gasteiger partial charge in [0.25, 0.3) is 0 Å². The fourth-order valence-corrected chi connectivity index (χ4v) is 4.54. The van der Waals surface area contributed by atoms with Gasteiger partial charge >= 0.3 is 0 Å². The Labute approximate surface area is 187 Å². The molecule has 1 aliphatic rings. The molecule has 3 aromatic rings. The van der Waals surface area contributed by atoms with Crippen LogP contribution in [0.4, 0.5) is 5.69 Å². The predicted molar refractivity (Wildman–Crippen MR) is 124 cm³/mol. The van der Waals surface area contributed by atoms with Crippen LogP contribution in [0.3, 0.4) is 0 Å². The summed E-state index contributed by atoms with van der Waals surface area (Å²) in [6.45, 7) is 8.09. The maximum atomic E-state index is 5.61. The van der Waals surface area contributed by atoms with E-state index in [1.165, 1.54) is 5.69 Å². The van der Waals surface area contributed by atoms with Crippen LogP contribution < -0.4 is 14.3 Å². The van der Waals surface area contributed by atoms with Crippen molar-refractivity contribution >= 4 is 17.0 Å². The summed E-state index contributed by atoms with van der Waals surface area (Å²) in [7, 11) is 1.67. The Hall–Kier alpha value is -2.61. The second-order valence-corrected chi connectivity index (χ2v) is 8.11. The highest BCUT2D eigenvalue weighted by Gasteiger charge is 2.13. The molecule has 1 fully saturated rings. The minimum atomic E-state index is 0.669. The van der Waals surface area contributed by atoms with Gasteiger partial charge in [-0.1, -0.05) is 0 Å². The number of aromatic nitrogens is 1. The molecule has 1 aromatic heterocycles. The molecule has 4 rings (SSSR count). The lowest BCUT2D eigenvalue weighted by atomic mass is 10.1. The molecule has 31 heavy (non-hydrogen) atoms. The first-order valence-corrected chi connectivity index (χ1v) is 11.5. The largest absolute Gasteiger partial charge is 0.497 e. The predicted octanol–water partition coefficient (Wildman–Crippen LogP) is 4.19. The van der Waals surface area contributed by atoms with Crippen LogP contribution in [-0.2, 0) is 11.3 Å². The molecule has 6 nitrogen and oxygen atoms in total. The molecule has 0 N–H and O–H groups in total. The first-order valence-electron chi connectivity index (χ1n) is 10.7. The third-order valence-electron chi connectivity index (χ3n) is 5.30. The number of thiazole rings is 1. The van der Waals surface area contributed by atoms with E-state index in [2.05, 4.69) is 27.0 Å². The number of nitrogens with zero attached hydrogens (tertiary/aromatic N) is 3. The molecule has 0 aliphatic carbocycles. The van der Waals surface area contributed by atoms with Gasteiger partial charge in [0.05, 0.1) is 38.3 Å². The Kier molecular flexibility index (Phi) is 7.40. The van der Waals surface area contributed by atoms with Gasteiger partial charge in [-0.25, -0.2) is 4.99 Å². The molecule has 0 unspecified atom stereocenters. The van der Waals surface area contributed by atoms with E-state index in [0.717, 1.165) is 66.9 Å². The molecule has 0 saturated carbocycles. The monoisotopic (exact) mass is 439 g/mol. The van der Waals surface area contributed by atoms with Crippen molar-refractivity contribution in [3.63, 3.8) is 0 Å². The van der Waals surface area contributed by atoms with Crippen LogP contribution in [0.2, 0.25) is 0 Å². The van der Waals surface area contributed by atoms with Crippen LogP contribution in [0.15, 0.2) is 58.9 Å². The second kappa shape index (κ2) is 10.6. The normalized spacial score (nSPS) is 15.2. The van der Waals surface area contributed by atoms with Crippen LogP contribution in [0.25, 0.3) is 11.3 Å². The number of methoxy groups -OCH3 is 1. The van der Waals surface area contributed by atoms with Crippen molar-refractivity contribution in [3.8, 4) is 22.8 Å². The van der Waals surface area contributed by atoms with Gasteiger partial charge in [-0.15, -0.1) is 11.3 Å². The van der Waals surface area contributed by atoms with Gasteiger partial charge in [0.1, 0.15) is 11.5 Å². The van der Waals surface area contributed by atoms with Crippen molar-refractivity contribution < 1.29 is 14.2 Å². The van der Waals surface area contributed by atoms with E-state index in [9.17, 15) is 0 Å². The van der Waals surface area contributed by atoms with Gasteiger partial charge in [-0.05, 0) is 61.0 Å². The van der Waals surface area contributed by atoms with Crippen molar-refractivity contribution in [3.05, 3.63) is 58.7 Å².